The summed E-state index contributed by atoms with van der Waals surface area (Å²) >= 11 is 0. The van der Waals surface area contributed by atoms with E-state index in [2.05, 4.69) is 15.3 Å². The van der Waals surface area contributed by atoms with Crippen molar-refractivity contribution in [3.63, 3.8) is 0 Å². The second-order valence-electron chi connectivity index (χ2n) is 6.12. The van der Waals surface area contributed by atoms with Crippen LogP contribution in [0, 0.1) is 5.92 Å². The number of hydrogen-bond donors (Lipinski definition) is 1. The van der Waals surface area contributed by atoms with Gasteiger partial charge in [-0.3, -0.25) is 5.32 Å². The van der Waals surface area contributed by atoms with Gasteiger partial charge in [-0.15, -0.1) is 0 Å². The molecule has 134 valence electrons. The summed E-state index contributed by atoms with van der Waals surface area (Å²) in [5.41, 5.74) is -0.857. The number of nitrogens with zero attached hydrogens (tertiary/aromatic N) is 4. The van der Waals surface area contributed by atoms with Gasteiger partial charge >= 0.3 is 12.2 Å². The Kier molecular flexibility index (Phi) is 4.65. The Morgan fingerprint density at radius 1 is 1.44 bits per heavy atom. The first-order chi connectivity index (χ1) is 11.8. The fourth-order valence-corrected chi connectivity index (χ4v) is 2.91. The predicted octanol–water partition coefficient (Wildman–Crippen LogP) is 3.02. The molecule has 1 atom stereocenters. The molecule has 0 saturated heterocycles. The van der Waals surface area contributed by atoms with Crippen LogP contribution in [-0.4, -0.2) is 39.1 Å². The van der Waals surface area contributed by atoms with Crippen LogP contribution in [0.4, 0.5) is 23.8 Å². The van der Waals surface area contributed by atoms with Gasteiger partial charge in [0.05, 0.1) is 0 Å². The molecule has 0 fully saturated rings. The molecule has 2 amide bonds. The zero-order chi connectivity index (χ0) is 18.0. The summed E-state index contributed by atoms with van der Waals surface area (Å²) in [5.74, 6) is 0.973. The molecule has 2 aromatic rings. The van der Waals surface area contributed by atoms with Crippen molar-refractivity contribution in [2.75, 3.05) is 18.9 Å². The quantitative estimate of drug-likeness (QED) is 0.923. The number of carbonyl (C=O) groups excluding carboxylic acids is 1. The number of urea groups is 1. The molecule has 3 rings (SSSR count). The third-order valence-corrected chi connectivity index (χ3v) is 4.16. The molecule has 0 radical (unpaired) electrons. The number of alkyl halides is 3. The van der Waals surface area contributed by atoms with Crippen molar-refractivity contribution in [3.05, 3.63) is 42.1 Å². The van der Waals surface area contributed by atoms with E-state index in [0.717, 1.165) is 6.20 Å². The van der Waals surface area contributed by atoms with Crippen LogP contribution in [0.3, 0.4) is 0 Å². The van der Waals surface area contributed by atoms with Gasteiger partial charge in [-0.05, 0) is 24.5 Å². The first-order valence-corrected chi connectivity index (χ1v) is 7.89. The molecule has 0 aliphatic carbocycles. The van der Waals surface area contributed by atoms with Crippen LogP contribution in [0.5, 0.6) is 0 Å². The van der Waals surface area contributed by atoms with Crippen LogP contribution >= 0.6 is 0 Å². The number of amides is 2. The number of halogens is 3. The minimum absolute atomic E-state index is 0.0715. The van der Waals surface area contributed by atoms with E-state index >= 15 is 0 Å². The molecule has 9 heteroatoms. The molecule has 0 aromatic carbocycles. The number of aromatic nitrogens is 3. The van der Waals surface area contributed by atoms with Gasteiger partial charge in [0.15, 0.2) is 5.69 Å². The fraction of sp³-hybridized carbons (Fsp3) is 0.438. The van der Waals surface area contributed by atoms with Crippen molar-refractivity contribution >= 4 is 11.8 Å². The van der Waals surface area contributed by atoms with E-state index in [0.29, 0.717) is 37.6 Å². The van der Waals surface area contributed by atoms with Crippen molar-refractivity contribution in [2.24, 2.45) is 5.92 Å². The second kappa shape index (κ2) is 6.73. The summed E-state index contributed by atoms with van der Waals surface area (Å²) in [6.45, 7) is 0.858. The van der Waals surface area contributed by atoms with Crippen LogP contribution in [0.15, 0.2) is 30.6 Å². The molecule has 3 heterocycles. The number of carbonyl (C=O) groups is 1. The van der Waals surface area contributed by atoms with E-state index in [1.54, 1.807) is 36.0 Å². The highest BCUT2D eigenvalue weighted by Gasteiger charge is 2.36. The summed E-state index contributed by atoms with van der Waals surface area (Å²) in [6.07, 6.45) is -0.643. The monoisotopic (exact) mass is 353 g/mol. The average Bonchev–Trinajstić information content (AvgIpc) is 2.99. The van der Waals surface area contributed by atoms with Gasteiger partial charge in [-0.2, -0.15) is 13.2 Å². The van der Waals surface area contributed by atoms with Gasteiger partial charge in [0.2, 0.25) is 0 Å². The molecule has 1 N–H and O–H groups in total. The van der Waals surface area contributed by atoms with E-state index in [1.165, 1.54) is 4.90 Å². The lowest BCUT2D eigenvalue weighted by Crippen LogP contribution is -2.38. The van der Waals surface area contributed by atoms with Crippen LogP contribution in [0.25, 0.3) is 0 Å². The summed E-state index contributed by atoms with van der Waals surface area (Å²) < 4.78 is 39.8. The summed E-state index contributed by atoms with van der Waals surface area (Å²) in [7, 11) is 1.66. The molecule has 0 saturated carbocycles. The largest absolute Gasteiger partial charge is 0.434 e. The first kappa shape index (κ1) is 17.2. The number of aryl methyl sites for hydroxylation is 1. The third kappa shape index (κ3) is 4.09. The minimum Gasteiger partial charge on any atom is -0.334 e. The zero-order valence-electron chi connectivity index (χ0n) is 13.6. The molecule has 0 unspecified atom stereocenters. The minimum atomic E-state index is -4.43. The maximum absolute atomic E-state index is 12.8. The Hall–Kier alpha value is -2.58. The molecule has 2 aromatic heterocycles. The van der Waals surface area contributed by atoms with Crippen molar-refractivity contribution < 1.29 is 18.0 Å². The van der Waals surface area contributed by atoms with E-state index < -0.39 is 11.9 Å². The molecule has 0 bridgehead atoms. The number of pyridine rings is 1. The maximum atomic E-state index is 12.8. The Morgan fingerprint density at radius 2 is 2.24 bits per heavy atom. The van der Waals surface area contributed by atoms with E-state index in [-0.39, 0.29) is 11.9 Å². The van der Waals surface area contributed by atoms with Crippen molar-refractivity contribution in [3.8, 4) is 0 Å². The van der Waals surface area contributed by atoms with Gasteiger partial charge in [-0.25, -0.2) is 14.8 Å². The summed E-state index contributed by atoms with van der Waals surface area (Å²) in [5, 5.41) is 2.68. The highest BCUT2D eigenvalue weighted by atomic mass is 19.4. The molecule has 6 nitrogen and oxygen atoms in total. The Morgan fingerprint density at radius 3 is 2.92 bits per heavy atom. The number of imidazole rings is 1. The topological polar surface area (TPSA) is 63.1 Å². The molecular weight excluding hydrogens is 335 g/mol. The first-order valence-electron chi connectivity index (χ1n) is 7.89. The standard InChI is InChI=1S/C16H18F3N5O/c1-23(15(25)22-13-4-2-3-7-20-13)8-11-5-6-14-21-12(16(17,18)19)10-24(14)9-11/h2-4,7,10-11H,5-6,8-9H2,1H3,(H,20,22,25)/t11-/m1/s1. The Balaban J connectivity index is 1.59. The summed E-state index contributed by atoms with van der Waals surface area (Å²) in [4.78, 5) is 21.4. The average molecular weight is 353 g/mol. The van der Waals surface area contributed by atoms with E-state index in [4.69, 9.17) is 0 Å². The lowest BCUT2D eigenvalue weighted by molar-refractivity contribution is -0.141. The van der Waals surface area contributed by atoms with Crippen LogP contribution in [0.1, 0.15) is 17.9 Å². The normalized spacial score (nSPS) is 17.0. The van der Waals surface area contributed by atoms with E-state index in [9.17, 15) is 18.0 Å². The van der Waals surface area contributed by atoms with Gasteiger partial charge < -0.3 is 9.47 Å². The zero-order valence-corrected chi connectivity index (χ0v) is 13.6. The smallest absolute Gasteiger partial charge is 0.334 e. The Labute approximate surface area is 142 Å². The predicted molar refractivity (Wildman–Crippen MR) is 84.9 cm³/mol. The number of nitrogens with one attached hydrogen (secondary N) is 1. The number of hydrogen-bond acceptors (Lipinski definition) is 3. The highest BCUT2D eigenvalue weighted by Crippen LogP contribution is 2.30. The number of rotatable bonds is 3. The van der Waals surface area contributed by atoms with Crippen molar-refractivity contribution in [2.45, 2.75) is 25.6 Å². The summed E-state index contributed by atoms with van der Waals surface area (Å²) in [6, 6.07) is 4.90. The van der Waals surface area contributed by atoms with Crippen LogP contribution in [-0.2, 0) is 19.1 Å². The lowest BCUT2D eigenvalue weighted by Gasteiger charge is -2.28. The van der Waals surface area contributed by atoms with Crippen molar-refractivity contribution in [1.82, 2.24) is 19.4 Å². The van der Waals surface area contributed by atoms with Gasteiger partial charge in [0.25, 0.3) is 0 Å². The Bertz CT molecular complexity index is 744. The molecular formula is C16H18F3N5O. The number of anilines is 1. The molecule has 0 spiro atoms. The second-order valence-corrected chi connectivity index (χ2v) is 6.12. The SMILES string of the molecule is CN(C[C@H]1CCc2nc(C(F)(F)F)cn2C1)C(=O)Nc1ccccn1. The van der Waals surface area contributed by atoms with Crippen molar-refractivity contribution in [1.29, 1.82) is 0 Å². The van der Waals surface area contributed by atoms with Crippen LogP contribution in [0.2, 0.25) is 0 Å². The molecule has 25 heavy (non-hydrogen) atoms. The van der Waals surface area contributed by atoms with Gasteiger partial charge in [-0.1, -0.05) is 6.07 Å². The van der Waals surface area contributed by atoms with Gasteiger partial charge in [0, 0.05) is 39.0 Å². The number of fused-ring (bicyclic) bond motifs is 1. The highest BCUT2D eigenvalue weighted by molar-refractivity contribution is 5.88. The third-order valence-electron chi connectivity index (χ3n) is 4.16. The van der Waals surface area contributed by atoms with Crippen LogP contribution < -0.4 is 5.32 Å². The molecule has 1 aliphatic heterocycles. The van der Waals surface area contributed by atoms with E-state index in [1.807, 2.05) is 0 Å². The van der Waals surface area contributed by atoms with Gasteiger partial charge in [0.1, 0.15) is 11.6 Å². The lowest BCUT2D eigenvalue weighted by atomic mass is 9.99. The fourth-order valence-electron chi connectivity index (χ4n) is 2.91. The molecule has 1 aliphatic rings. The maximum Gasteiger partial charge on any atom is 0.434 e.